The lowest BCUT2D eigenvalue weighted by atomic mass is 10.1. The molecule has 144 valence electrons. The van der Waals surface area contributed by atoms with Gasteiger partial charge in [0.05, 0.1) is 16.6 Å². The Morgan fingerprint density at radius 3 is 2.82 bits per heavy atom. The molecular weight excluding hydrogens is 358 g/mol. The zero-order chi connectivity index (χ0) is 19.3. The highest BCUT2D eigenvalue weighted by Gasteiger charge is 2.29. The van der Waals surface area contributed by atoms with Gasteiger partial charge in [-0.25, -0.2) is 4.98 Å². The first-order valence-corrected chi connectivity index (χ1v) is 9.58. The minimum absolute atomic E-state index is 0.0410. The largest absolute Gasteiger partial charge is 0.454 e. The Balaban J connectivity index is 1.49. The van der Waals surface area contributed by atoms with Crippen molar-refractivity contribution in [3.05, 3.63) is 46.8 Å². The van der Waals surface area contributed by atoms with E-state index >= 15 is 0 Å². The SMILES string of the molecule is CCN(Cc1ccc2c(c1)OCO2)C(=O)c1cc(C2CC2)nc2onc(C)c12. The number of carbonyl (C=O) groups excluding carboxylic acids is 1. The van der Waals surface area contributed by atoms with Crippen LogP contribution in [0.15, 0.2) is 28.8 Å². The van der Waals surface area contributed by atoms with Crippen LogP contribution < -0.4 is 9.47 Å². The predicted octanol–water partition coefficient (Wildman–Crippen LogP) is 3.80. The molecule has 0 saturated heterocycles. The van der Waals surface area contributed by atoms with Crippen LogP contribution >= 0.6 is 0 Å². The molecule has 0 bridgehead atoms. The summed E-state index contributed by atoms with van der Waals surface area (Å²) in [4.78, 5) is 19.8. The molecule has 3 aromatic rings. The van der Waals surface area contributed by atoms with Crippen LogP contribution in [0.2, 0.25) is 0 Å². The van der Waals surface area contributed by atoms with Gasteiger partial charge >= 0.3 is 0 Å². The van der Waals surface area contributed by atoms with E-state index in [2.05, 4.69) is 10.1 Å². The third kappa shape index (κ3) is 2.87. The van der Waals surface area contributed by atoms with Gasteiger partial charge in [-0.15, -0.1) is 0 Å². The number of ether oxygens (including phenoxy) is 2. The maximum Gasteiger partial charge on any atom is 0.259 e. The number of pyridine rings is 1. The van der Waals surface area contributed by atoms with Crippen molar-refractivity contribution >= 4 is 17.0 Å². The van der Waals surface area contributed by atoms with Crippen molar-refractivity contribution in [3.8, 4) is 11.5 Å². The molecule has 1 aliphatic carbocycles. The van der Waals surface area contributed by atoms with Crippen molar-refractivity contribution in [2.75, 3.05) is 13.3 Å². The van der Waals surface area contributed by atoms with Crippen molar-refractivity contribution in [3.63, 3.8) is 0 Å². The minimum atomic E-state index is -0.0410. The highest BCUT2D eigenvalue weighted by molar-refractivity contribution is 6.06. The number of nitrogens with zero attached hydrogens (tertiary/aromatic N) is 3. The quantitative estimate of drug-likeness (QED) is 0.671. The van der Waals surface area contributed by atoms with Crippen LogP contribution in [0.4, 0.5) is 0 Å². The summed E-state index contributed by atoms with van der Waals surface area (Å²) in [5, 5.41) is 4.74. The van der Waals surface area contributed by atoms with Gasteiger partial charge in [-0.1, -0.05) is 11.2 Å². The van der Waals surface area contributed by atoms with Gasteiger partial charge in [0.1, 0.15) is 0 Å². The molecule has 7 heteroatoms. The molecule has 2 aliphatic rings. The van der Waals surface area contributed by atoms with Gasteiger partial charge in [-0.05, 0) is 50.5 Å². The van der Waals surface area contributed by atoms with E-state index in [4.69, 9.17) is 14.0 Å². The molecule has 28 heavy (non-hydrogen) atoms. The molecule has 0 N–H and O–H groups in total. The summed E-state index contributed by atoms with van der Waals surface area (Å²) < 4.78 is 16.2. The van der Waals surface area contributed by atoms with Crippen molar-refractivity contribution in [1.82, 2.24) is 15.0 Å². The molecule has 0 atom stereocenters. The van der Waals surface area contributed by atoms with Crippen LogP contribution in [0.25, 0.3) is 11.1 Å². The van der Waals surface area contributed by atoms with Gasteiger partial charge in [0.2, 0.25) is 6.79 Å². The Morgan fingerprint density at radius 1 is 1.21 bits per heavy atom. The Hall–Kier alpha value is -3.09. The van der Waals surface area contributed by atoms with E-state index in [0.29, 0.717) is 41.4 Å². The predicted molar refractivity (Wildman–Crippen MR) is 101 cm³/mol. The summed E-state index contributed by atoms with van der Waals surface area (Å²) in [5.74, 6) is 1.84. The van der Waals surface area contributed by atoms with E-state index in [1.54, 1.807) is 0 Å². The van der Waals surface area contributed by atoms with Crippen LogP contribution in [0.5, 0.6) is 11.5 Å². The number of aryl methyl sites for hydroxylation is 1. The summed E-state index contributed by atoms with van der Waals surface area (Å²) in [6, 6.07) is 7.71. The second-order valence-corrected chi connectivity index (χ2v) is 7.32. The summed E-state index contributed by atoms with van der Waals surface area (Å²) >= 11 is 0. The summed E-state index contributed by atoms with van der Waals surface area (Å²) in [7, 11) is 0. The summed E-state index contributed by atoms with van der Waals surface area (Å²) in [6.45, 7) is 5.13. The maximum absolute atomic E-state index is 13.4. The second-order valence-electron chi connectivity index (χ2n) is 7.32. The number of amides is 1. The van der Waals surface area contributed by atoms with Gasteiger partial charge in [0.15, 0.2) is 11.5 Å². The molecule has 0 radical (unpaired) electrons. The zero-order valence-corrected chi connectivity index (χ0v) is 15.9. The lowest BCUT2D eigenvalue weighted by Crippen LogP contribution is -2.30. The van der Waals surface area contributed by atoms with E-state index in [1.165, 1.54) is 0 Å². The molecule has 5 rings (SSSR count). The third-order valence-electron chi connectivity index (χ3n) is 5.34. The molecule has 2 aromatic heterocycles. The molecule has 1 fully saturated rings. The summed E-state index contributed by atoms with van der Waals surface area (Å²) in [5.41, 5.74) is 3.67. The molecule has 3 heterocycles. The number of benzene rings is 1. The highest BCUT2D eigenvalue weighted by atomic mass is 16.7. The fourth-order valence-corrected chi connectivity index (χ4v) is 3.63. The monoisotopic (exact) mass is 379 g/mol. The highest BCUT2D eigenvalue weighted by Crippen LogP contribution is 2.40. The first-order chi connectivity index (χ1) is 13.6. The molecule has 0 spiro atoms. The molecule has 7 nitrogen and oxygen atoms in total. The third-order valence-corrected chi connectivity index (χ3v) is 5.34. The number of rotatable bonds is 5. The van der Waals surface area contributed by atoms with Crippen molar-refractivity contribution in [2.24, 2.45) is 0 Å². The fraction of sp³-hybridized carbons (Fsp3) is 0.381. The second kappa shape index (κ2) is 6.51. The number of aromatic nitrogens is 2. The topological polar surface area (TPSA) is 77.7 Å². The van der Waals surface area contributed by atoms with Crippen molar-refractivity contribution < 1.29 is 18.8 Å². The number of hydrogen-bond acceptors (Lipinski definition) is 6. The number of carbonyl (C=O) groups is 1. The Labute approximate surface area is 162 Å². The summed E-state index contributed by atoms with van der Waals surface area (Å²) in [6.07, 6.45) is 2.21. The van der Waals surface area contributed by atoms with Gasteiger partial charge < -0.3 is 18.9 Å². The zero-order valence-electron chi connectivity index (χ0n) is 15.9. The van der Waals surface area contributed by atoms with Crippen LogP contribution in [0, 0.1) is 6.92 Å². The Morgan fingerprint density at radius 2 is 2.04 bits per heavy atom. The average molecular weight is 379 g/mol. The standard InChI is InChI=1S/C21H21N3O4/c1-3-24(10-13-4-7-17-18(8-13)27-11-26-17)21(25)15-9-16(14-5-6-14)22-20-19(15)12(2)23-28-20/h4,7-9,14H,3,5-6,10-11H2,1-2H3. The lowest BCUT2D eigenvalue weighted by Gasteiger charge is -2.22. The first-order valence-electron chi connectivity index (χ1n) is 9.58. The van der Waals surface area contributed by atoms with Crippen molar-refractivity contribution in [1.29, 1.82) is 0 Å². The van der Waals surface area contributed by atoms with E-state index in [0.717, 1.165) is 35.6 Å². The van der Waals surface area contributed by atoms with Crippen LogP contribution in [0.3, 0.4) is 0 Å². The van der Waals surface area contributed by atoms with Gasteiger partial charge in [0.25, 0.3) is 11.6 Å². The molecule has 1 amide bonds. The fourth-order valence-electron chi connectivity index (χ4n) is 3.63. The molecule has 1 saturated carbocycles. The number of fused-ring (bicyclic) bond motifs is 2. The van der Waals surface area contributed by atoms with E-state index in [9.17, 15) is 4.79 Å². The molecular formula is C21H21N3O4. The van der Waals surface area contributed by atoms with Gasteiger partial charge in [0, 0.05) is 24.7 Å². The molecule has 0 unspecified atom stereocenters. The minimum Gasteiger partial charge on any atom is -0.454 e. The molecule has 1 aromatic carbocycles. The van der Waals surface area contributed by atoms with E-state index in [1.807, 2.05) is 43.0 Å². The maximum atomic E-state index is 13.4. The smallest absolute Gasteiger partial charge is 0.259 e. The van der Waals surface area contributed by atoms with Crippen molar-refractivity contribution in [2.45, 2.75) is 39.2 Å². The van der Waals surface area contributed by atoms with Crippen LogP contribution in [-0.4, -0.2) is 34.3 Å². The van der Waals surface area contributed by atoms with Crippen LogP contribution in [0.1, 0.15) is 53.0 Å². The average Bonchev–Trinajstić information content (AvgIpc) is 3.35. The first kappa shape index (κ1) is 17.0. The van der Waals surface area contributed by atoms with E-state index in [-0.39, 0.29) is 12.7 Å². The number of hydrogen-bond donors (Lipinski definition) is 0. The normalized spacial score (nSPS) is 15.2. The Kier molecular flexibility index (Phi) is 3.96. The Bertz CT molecular complexity index is 1070. The lowest BCUT2D eigenvalue weighted by molar-refractivity contribution is 0.0754. The van der Waals surface area contributed by atoms with Gasteiger partial charge in [-0.2, -0.15) is 0 Å². The van der Waals surface area contributed by atoms with Gasteiger partial charge in [-0.3, -0.25) is 4.79 Å². The van der Waals surface area contributed by atoms with Crippen LogP contribution in [-0.2, 0) is 6.54 Å². The molecule has 1 aliphatic heterocycles. The van der Waals surface area contributed by atoms with E-state index < -0.39 is 0 Å².